The number of hydrazone groups is 1. The van der Waals surface area contributed by atoms with Crippen molar-refractivity contribution in [2.75, 3.05) is 6.61 Å². The Kier molecular flexibility index (Phi) is 6.50. The summed E-state index contributed by atoms with van der Waals surface area (Å²) in [6.07, 6.45) is 0.971. The number of hydrogen-bond acceptors (Lipinski definition) is 3. The third kappa shape index (κ3) is 4.74. The number of hydrogen-bond donors (Lipinski definition) is 1. The molecule has 150 valence electrons. The van der Waals surface area contributed by atoms with Gasteiger partial charge in [-0.05, 0) is 75.2 Å². The first kappa shape index (κ1) is 20.4. The summed E-state index contributed by atoms with van der Waals surface area (Å²) in [7, 11) is 0. The molecule has 0 spiro atoms. The van der Waals surface area contributed by atoms with E-state index in [0.717, 1.165) is 40.5 Å². The molecule has 0 aliphatic carbocycles. The smallest absolute Gasteiger partial charge is 0.273 e. The molecule has 5 heteroatoms. The van der Waals surface area contributed by atoms with Crippen molar-refractivity contribution in [3.8, 4) is 11.4 Å². The molecule has 3 aromatic rings. The van der Waals surface area contributed by atoms with Crippen molar-refractivity contribution >= 4 is 11.6 Å². The summed E-state index contributed by atoms with van der Waals surface area (Å²) in [6, 6.07) is 19.6. The second kappa shape index (κ2) is 9.24. The molecule has 0 saturated carbocycles. The van der Waals surface area contributed by atoms with Crippen LogP contribution in [0.4, 0.5) is 0 Å². The number of nitrogens with one attached hydrogen (secondary N) is 1. The van der Waals surface area contributed by atoms with E-state index in [4.69, 9.17) is 4.74 Å². The summed E-state index contributed by atoms with van der Waals surface area (Å²) in [5.74, 6) is 0.614. The summed E-state index contributed by atoms with van der Waals surface area (Å²) < 4.78 is 7.67. The fourth-order valence-electron chi connectivity index (χ4n) is 3.24. The van der Waals surface area contributed by atoms with Crippen LogP contribution in [0.5, 0.6) is 5.75 Å². The van der Waals surface area contributed by atoms with Crippen LogP contribution in [0.15, 0.2) is 65.8 Å². The molecule has 0 radical (unpaired) electrons. The molecule has 1 N–H and O–H groups in total. The van der Waals surface area contributed by atoms with Gasteiger partial charge in [0.15, 0.2) is 0 Å². The van der Waals surface area contributed by atoms with Crippen LogP contribution in [-0.2, 0) is 0 Å². The van der Waals surface area contributed by atoms with E-state index in [1.807, 2.05) is 81.4 Å². The standard InChI is InChI=1S/C24H27N3O2/c1-5-15-29-22-13-11-20(12-14-22)18(3)25-26-24(28)23-16-17(2)27(19(23)4)21-9-7-6-8-10-21/h6-14,16H,5,15H2,1-4H3,(H,26,28)/b25-18-. The Morgan fingerprint density at radius 2 is 1.76 bits per heavy atom. The minimum absolute atomic E-state index is 0.220. The Hall–Kier alpha value is -3.34. The SMILES string of the molecule is CCCOc1ccc(/C(C)=N\NC(=O)c2cc(C)n(-c3ccccc3)c2C)cc1. The predicted molar refractivity (Wildman–Crippen MR) is 117 cm³/mol. The lowest BCUT2D eigenvalue weighted by atomic mass is 10.1. The highest BCUT2D eigenvalue weighted by atomic mass is 16.5. The fraction of sp³-hybridized carbons (Fsp3) is 0.250. The third-order valence-electron chi connectivity index (χ3n) is 4.76. The van der Waals surface area contributed by atoms with Crippen LogP contribution in [0.2, 0.25) is 0 Å². The van der Waals surface area contributed by atoms with Gasteiger partial charge in [-0.1, -0.05) is 25.1 Å². The molecule has 1 aromatic heterocycles. The fourth-order valence-corrected chi connectivity index (χ4v) is 3.24. The zero-order chi connectivity index (χ0) is 20.8. The average molecular weight is 389 g/mol. The summed E-state index contributed by atoms with van der Waals surface area (Å²) >= 11 is 0. The zero-order valence-corrected chi connectivity index (χ0v) is 17.4. The minimum atomic E-state index is -0.220. The van der Waals surface area contributed by atoms with Crippen LogP contribution in [-0.4, -0.2) is 22.8 Å². The first-order chi connectivity index (χ1) is 14.0. The second-order valence-electron chi connectivity index (χ2n) is 6.97. The number of ether oxygens (including phenoxy) is 1. The van der Waals surface area contributed by atoms with Crippen molar-refractivity contribution in [2.24, 2.45) is 5.10 Å². The lowest BCUT2D eigenvalue weighted by Gasteiger charge is -2.09. The molecular formula is C24H27N3O2. The predicted octanol–water partition coefficient (Wildman–Crippen LogP) is 5.04. The Morgan fingerprint density at radius 3 is 2.41 bits per heavy atom. The second-order valence-corrected chi connectivity index (χ2v) is 6.97. The Bertz CT molecular complexity index is 1000. The molecule has 0 unspecified atom stereocenters. The first-order valence-electron chi connectivity index (χ1n) is 9.83. The van der Waals surface area contributed by atoms with E-state index >= 15 is 0 Å². The number of aryl methyl sites for hydroxylation is 1. The van der Waals surface area contributed by atoms with Gasteiger partial charge in [0, 0.05) is 17.1 Å². The molecule has 1 amide bonds. The molecule has 1 heterocycles. The van der Waals surface area contributed by atoms with Crippen molar-refractivity contribution in [1.29, 1.82) is 0 Å². The lowest BCUT2D eigenvalue weighted by molar-refractivity contribution is 0.0954. The third-order valence-corrected chi connectivity index (χ3v) is 4.76. The Morgan fingerprint density at radius 1 is 1.07 bits per heavy atom. The van der Waals surface area contributed by atoms with E-state index in [-0.39, 0.29) is 5.91 Å². The van der Waals surface area contributed by atoms with Crippen molar-refractivity contribution in [3.05, 3.63) is 83.2 Å². The maximum absolute atomic E-state index is 12.7. The van der Waals surface area contributed by atoms with Gasteiger partial charge in [-0.3, -0.25) is 4.79 Å². The molecule has 2 aromatic carbocycles. The molecule has 0 aliphatic heterocycles. The van der Waals surface area contributed by atoms with Crippen LogP contribution >= 0.6 is 0 Å². The summed E-state index contributed by atoms with van der Waals surface area (Å²) in [5, 5.41) is 4.28. The lowest BCUT2D eigenvalue weighted by Crippen LogP contribution is -2.20. The summed E-state index contributed by atoms with van der Waals surface area (Å²) in [6.45, 7) is 8.58. The molecule has 0 aliphatic rings. The molecule has 0 bridgehead atoms. The quantitative estimate of drug-likeness (QED) is 0.455. The molecule has 29 heavy (non-hydrogen) atoms. The topological polar surface area (TPSA) is 55.6 Å². The van der Waals surface area contributed by atoms with Gasteiger partial charge in [0.1, 0.15) is 5.75 Å². The Balaban J connectivity index is 1.73. The van der Waals surface area contributed by atoms with Crippen molar-refractivity contribution in [3.63, 3.8) is 0 Å². The number of aromatic nitrogens is 1. The normalized spacial score (nSPS) is 11.4. The molecule has 3 rings (SSSR count). The first-order valence-corrected chi connectivity index (χ1v) is 9.83. The number of carbonyl (C=O) groups excluding carboxylic acids is 1. The summed E-state index contributed by atoms with van der Waals surface area (Å²) in [5.41, 5.74) is 7.89. The van der Waals surface area contributed by atoms with Gasteiger partial charge in [-0.15, -0.1) is 0 Å². The van der Waals surface area contributed by atoms with Gasteiger partial charge in [-0.2, -0.15) is 5.10 Å². The van der Waals surface area contributed by atoms with Crippen LogP contribution in [0, 0.1) is 13.8 Å². The van der Waals surface area contributed by atoms with E-state index in [9.17, 15) is 4.79 Å². The van der Waals surface area contributed by atoms with Crippen LogP contribution in [0.1, 0.15) is 47.6 Å². The van der Waals surface area contributed by atoms with E-state index in [2.05, 4.69) is 22.0 Å². The number of nitrogens with zero attached hydrogens (tertiary/aromatic N) is 2. The van der Waals surface area contributed by atoms with Crippen LogP contribution in [0.25, 0.3) is 5.69 Å². The monoisotopic (exact) mass is 389 g/mol. The van der Waals surface area contributed by atoms with Crippen LogP contribution < -0.4 is 10.2 Å². The highest BCUT2D eigenvalue weighted by Crippen LogP contribution is 2.20. The van der Waals surface area contributed by atoms with Crippen molar-refractivity contribution < 1.29 is 9.53 Å². The largest absolute Gasteiger partial charge is 0.494 e. The highest BCUT2D eigenvalue weighted by molar-refractivity contribution is 6.01. The van der Waals surface area contributed by atoms with Crippen molar-refractivity contribution in [1.82, 2.24) is 9.99 Å². The van der Waals surface area contributed by atoms with E-state index < -0.39 is 0 Å². The maximum Gasteiger partial charge on any atom is 0.273 e. The van der Waals surface area contributed by atoms with E-state index in [0.29, 0.717) is 12.2 Å². The number of rotatable bonds is 7. The molecule has 0 atom stereocenters. The molecule has 0 fully saturated rings. The summed E-state index contributed by atoms with van der Waals surface area (Å²) in [4.78, 5) is 12.7. The van der Waals surface area contributed by atoms with E-state index in [1.54, 1.807) is 0 Å². The van der Waals surface area contributed by atoms with Gasteiger partial charge >= 0.3 is 0 Å². The van der Waals surface area contributed by atoms with Crippen LogP contribution in [0.3, 0.4) is 0 Å². The maximum atomic E-state index is 12.7. The minimum Gasteiger partial charge on any atom is -0.494 e. The molecule has 5 nitrogen and oxygen atoms in total. The highest BCUT2D eigenvalue weighted by Gasteiger charge is 2.16. The average Bonchev–Trinajstić information content (AvgIpc) is 3.05. The number of para-hydroxylation sites is 1. The van der Waals surface area contributed by atoms with Gasteiger partial charge in [0.05, 0.1) is 17.9 Å². The zero-order valence-electron chi connectivity index (χ0n) is 17.4. The molecule has 0 saturated heterocycles. The van der Waals surface area contributed by atoms with Gasteiger partial charge in [0.2, 0.25) is 0 Å². The Labute approximate surface area is 172 Å². The van der Waals surface area contributed by atoms with Gasteiger partial charge in [0.25, 0.3) is 5.91 Å². The number of amides is 1. The van der Waals surface area contributed by atoms with Crippen molar-refractivity contribution in [2.45, 2.75) is 34.1 Å². The molecular weight excluding hydrogens is 362 g/mol. The number of carbonyl (C=O) groups is 1. The van der Waals surface area contributed by atoms with Gasteiger partial charge in [-0.25, -0.2) is 5.43 Å². The van der Waals surface area contributed by atoms with E-state index in [1.165, 1.54) is 0 Å². The number of benzene rings is 2. The van der Waals surface area contributed by atoms with Gasteiger partial charge < -0.3 is 9.30 Å².